The van der Waals surface area contributed by atoms with Crippen LogP contribution >= 0.6 is 23.2 Å². The van der Waals surface area contributed by atoms with E-state index in [2.05, 4.69) is 5.16 Å². The number of benzene rings is 1. The molecule has 1 aromatic carbocycles. The van der Waals surface area contributed by atoms with Crippen molar-refractivity contribution in [3.05, 3.63) is 33.8 Å². The van der Waals surface area contributed by atoms with E-state index in [1.165, 1.54) is 6.92 Å². The molecule has 0 aromatic heterocycles. The lowest BCUT2D eigenvalue weighted by Crippen LogP contribution is -2.24. The molecule has 0 atom stereocenters. The number of esters is 1. The van der Waals surface area contributed by atoms with Gasteiger partial charge in [-0.05, 0) is 19.1 Å². The van der Waals surface area contributed by atoms with Gasteiger partial charge in [0.05, 0.1) is 6.61 Å². The van der Waals surface area contributed by atoms with Crippen molar-refractivity contribution in [2.24, 2.45) is 5.16 Å². The molecule has 0 spiro atoms. The summed E-state index contributed by atoms with van der Waals surface area (Å²) >= 11 is 11.7. The van der Waals surface area contributed by atoms with Crippen LogP contribution in [-0.2, 0) is 25.8 Å². The number of ether oxygens (including phenoxy) is 1. The SMILES string of the molecule is CCOC(=O)/C(=N\OCc1ccc(Cl)cc1Cl)C(C)=O. The van der Waals surface area contributed by atoms with Gasteiger partial charge in [-0.1, -0.05) is 34.4 Å². The molecule has 0 N–H and O–H groups in total. The third kappa shape index (κ3) is 4.83. The molecule has 20 heavy (non-hydrogen) atoms. The molecule has 0 saturated heterocycles. The molecular formula is C13H13Cl2NO4. The minimum absolute atomic E-state index is 0.00614. The predicted octanol–water partition coefficient (Wildman–Crippen LogP) is 3.02. The molecule has 108 valence electrons. The number of hydrogen-bond acceptors (Lipinski definition) is 5. The Balaban J connectivity index is 2.73. The predicted molar refractivity (Wildman–Crippen MR) is 76.0 cm³/mol. The number of rotatable bonds is 6. The van der Waals surface area contributed by atoms with E-state index in [4.69, 9.17) is 32.8 Å². The van der Waals surface area contributed by atoms with Crippen LogP contribution in [0.15, 0.2) is 23.4 Å². The first-order valence-corrected chi connectivity index (χ1v) is 6.53. The smallest absolute Gasteiger partial charge is 0.364 e. The standard InChI is InChI=1S/C13H13Cl2NO4/c1-3-19-13(18)12(8(2)17)16-20-7-9-4-5-10(14)6-11(9)15/h4-6H,3,7H2,1-2H3/b16-12-. The van der Waals surface area contributed by atoms with E-state index in [9.17, 15) is 9.59 Å². The summed E-state index contributed by atoms with van der Waals surface area (Å²) in [7, 11) is 0. The zero-order valence-electron chi connectivity index (χ0n) is 11.0. The number of nitrogens with zero attached hydrogens (tertiary/aromatic N) is 1. The Bertz CT molecular complexity index is 543. The summed E-state index contributed by atoms with van der Waals surface area (Å²) in [5, 5.41) is 4.41. The fourth-order valence-electron chi connectivity index (χ4n) is 1.25. The highest BCUT2D eigenvalue weighted by Crippen LogP contribution is 2.21. The summed E-state index contributed by atoms with van der Waals surface area (Å²) < 4.78 is 4.69. The van der Waals surface area contributed by atoms with E-state index in [1.54, 1.807) is 25.1 Å². The summed E-state index contributed by atoms with van der Waals surface area (Å²) in [5.74, 6) is -1.35. The van der Waals surface area contributed by atoms with Gasteiger partial charge < -0.3 is 9.57 Å². The molecular weight excluding hydrogens is 305 g/mol. The molecule has 0 aliphatic carbocycles. The number of halogens is 2. The highest BCUT2D eigenvalue weighted by molar-refractivity contribution is 6.63. The Morgan fingerprint density at radius 3 is 2.55 bits per heavy atom. The second-order valence-electron chi connectivity index (χ2n) is 3.73. The second kappa shape index (κ2) is 7.87. The van der Waals surface area contributed by atoms with Crippen LogP contribution in [0, 0.1) is 0 Å². The zero-order valence-corrected chi connectivity index (χ0v) is 12.5. The van der Waals surface area contributed by atoms with Crippen molar-refractivity contribution in [2.45, 2.75) is 20.5 Å². The van der Waals surface area contributed by atoms with E-state index in [0.29, 0.717) is 15.6 Å². The van der Waals surface area contributed by atoms with Crippen LogP contribution in [0.4, 0.5) is 0 Å². The van der Waals surface area contributed by atoms with Gasteiger partial charge in [-0.2, -0.15) is 0 Å². The molecule has 0 heterocycles. The summed E-state index contributed by atoms with van der Waals surface area (Å²) in [6, 6.07) is 4.87. The minimum atomic E-state index is -0.817. The molecule has 0 aliphatic rings. The fraction of sp³-hybridized carbons (Fsp3) is 0.308. The normalized spacial score (nSPS) is 11.1. The van der Waals surface area contributed by atoms with E-state index in [0.717, 1.165) is 0 Å². The highest BCUT2D eigenvalue weighted by Gasteiger charge is 2.18. The Morgan fingerprint density at radius 1 is 1.30 bits per heavy atom. The van der Waals surface area contributed by atoms with Gasteiger partial charge in [0.1, 0.15) is 6.61 Å². The molecule has 1 aromatic rings. The highest BCUT2D eigenvalue weighted by atomic mass is 35.5. The third-order valence-electron chi connectivity index (χ3n) is 2.19. The number of oxime groups is 1. The van der Waals surface area contributed by atoms with Crippen molar-refractivity contribution in [1.82, 2.24) is 0 Å². The molecule has 0 aliphatic heterocycles. The maximum atomic E-state index is 11.4. The average Bonchev–Trinajstić information content (AvgIpc) is 2.36. The van der Waals surface area contributed by atoms with Crippen LogP contribution in [0.25, 0.3) is 0 Å². The Hall–Kier alpha value is -1.59. The largest absolute Gasteiger partial charge is 0.461 e. The van der Waals surface area contributed by atoms with Gasteiger partial charge in [0.25, 0.3) is 0 Å². The first-order chi connectivity index (χ1) is 9.45. The Morgan fingerprint density at radius 2 is 2.00 bits per heavy atom. The number of hydrogen-bond donors (Lipinski definition) is 0. The molecule has 7 heteroatoms. The van der Waals surface area contributed by atoms with Crippen LogP contribution in [0.3, 0.4) is 0 Å². The topological polar surface area (TPSA) is 65.0 Å². The van der Waals surface area contributed by atoms with Gasteiger partial charge >= 0.3 is 5.97 Å². The maximum Gasteiger partial charge on any atom is 0.364 e. The van der Waals surface area contributed by atoms with Crippen LogP contribution < -0.4 is 0 Å². The van der Waals surface area contributed by atoms with Gasteiger partial charge in [-0.25, -0.2) is 4.79 Å². The number of Topliss-reactive ketones (excluding diaryl/α,β-unsaturated/α-hetero) is 1. The Labute approximate surface area is 126 Å². The van der Waals surface area contributed by atoms with Crippen molar-refractivity contribution in [3.63, 3.8) is 0 Å². The van der Waals surface area contributed by atoms with Crippen molar-refractivity contribution in [1.29, 1.82) is 0 Å². The lowest BCUT2D eigenvalue weighted by molar-refractivity contribution is -0.136. The fourth-order valence-corrected chi connectivity index (χ4v) is 1.71. The van der Waals surface area contributed by atoms with Crippen molar-refractivity contribution < 1.29 is 19.2 Å². The molecule has 0 radical (unpaired) electrons. The molecule has 1 rings (SSSR count). The van der Waals surface area contributed by atoms with Gasteiger partial charge in [0.15, 0.2) is 5.78 Å². The monoisotopic (exact) mass is 317 g/mol. The van der Waals surface area contributed by atoms with E-state index in [1.807, 2.05) is 0 Å². The van der Waals surface area contributed by atoms with E-state index >= 15 is 0 Å². The number of ketones is 1. The summed E-state index contributed by atoms with van der Waals surface area (Å²) in [6.45, 7) is 2.98. The summed E-state index contributed by atoms with van der Waals surface area (Å²) in [4.78, 5) is 27.7. The lowest BCUT2D eigenvalue weighted by atomic mass is 10.2. The zero-order chi connectivity index (χ0) is 15.1. The van der Waals surface area contributed by atoms with Crippen LogP contribution in [-0.4, -0.2) is 24.1 Å². The molecule has 0 saturated carbocycles. The van der Waals surface area contributed by atoms with Crippen molar-refractivity contribution in [2.75, 3.05) is 6.61 Å². The number of carbonyl (C=O) groups is 2. The first-order valence-electron chi connectivity index (χ1n) is 5.77. The molecule has 0 bridgehead atoms. The van der Waals surface area contributed by atoms with Crippen LogP contribution in [0.5, 0.6) is 0 Å². The van der Waals surface area contributed by atoms with Crippen LogP contribution in [0.1, 0.15) is 19.4 Å². The van der Waals surface area contributed by atoms with E-state index < -0.39 is 17.5 Å². The van der Waals surface area contributed by atoms with Gasteiger partial charge in [0.2, 0.25) is 5.71 Å². The van der Waals surface area contributed by atoms with Crippen molar-refractivity contribution >= 4 is 40.7 Å². The molecule has 0 amide bonds. The van der Waals surface area contributed by atoms with Gasteiger partial charge in [-0.3, -0.25) is 4.79 Å². The maximum absolute atomic E-state index is 11.4. The van der Waals surface area contributed by atoms with Gasteiger partial charge in [0, 0.05) is 22.5 Å². The second-order valence-corrected chi connectivity index (χ2v) is 4.57. The lowest BCUT2D eigenvalue weighted by Gasteiger charge is -2.05. The Kier molecular flexibility index (Phi) is 6.48. The summed E-state index contributed by atoms with van der Waals surface area (Å²) in [6.07, 6.45) is 0. The third-order valence-corrected chi connectivity index (χ3v) is 2.78. The molecule has 5 nitrogen and oxygen atoms in total. The first kappa shape index (κ1) is 16.5. The minimum Gasteiger partial charge on any atom is -0.461 e. The van der Waals surface area contributed by atoms with Gasteiger partial charge in [-0.15, -0.1) is 0 Å². The quantitative estimate of drug-likeness (QED) is 0.350. The molecule has 0 fully saturated rings. The van der Waals surface area contributed by atoms with E-state index in [-0.39, 0.29) is 13.2 Å². The summed E-state index contributed by atoms with van der Waals surface area (Å²) in [5.41, 5.74) is 0.239. The van der Waals surface area contributed by atoms with Crippen LogP contribution in [0.2, 0.25) is 10.0 Å². The van der Waals surface area contributed by atoms with Crippen molar-refractivity contribution in [3.8, 4) is 0 Å². The number of carbonyl (C=O) groups excluding carboxylic acids is 2. The molecule has 0 unspecified atom stereocenters. The average molecular weight is 318 g/mol.